The van der Waals surface area contributed by atoms with Crippen LogP contribution in [0, 0.1) is 17.3 Å². The van der Waals surface area contributed by atoms with Gasteiger partial charge in [-0.1, -0.05) is 33.1 Å². The first-order valence-electron chi connectivity index (χ1n) is 7.44. The highest BCUT2D eigenvalue weighted by Crippen LogP contribution is 2.43. The Bertz CT molecular complexity index is 259. The molecule has 18 heavy (non-hydrogen) atoms. The quantitative estimate of drug-likeness (QED) is 0.742. The van der Waals surface area contributed by atoms with Crippen molar-refractivity contribution in [1.29, 1.82) is 0 Å². The van der Waals surface area contributed by atoms with E-state index in [1.807, 2.05) is 6.92 Å². The molecule has 0 radical (unpaired) electrons. The largest absolute Gasteiger partial charge is 0.466 e. The van der Waals surface area contributed by atoms with Crippen molar-refractivity contribution in [3.05, 3.63) is 0 Å². The van der Waals surface area contributed by atoms with Gasteiger partial charge in [-0.2, -0.15) is 0 Å². The first-order chi connectivity index (χ1) is 8.56. The van der Waals surface area contributed by atoms with Crippen molar-refractivity contribution in [2.75, 3.05) is 13.2 Å². The van der Waals surface area contributed by atoms with Crippen molar-refractivity contribution < 1.29 is 9.53 Å². The van der Waals surface area contributed by atoms with Crippen LogP contribution in [-0.2, 0) is 9.53 Å². The fourth-order valence-corrected chi connectivity index (χ4v) is 3.41. The number of hydrogen-bond donors (Lipinski definition) is 1. The van der Waals surface area contributed by atoms with Gasteiger partial charge in [-0.15, -0.1) is 0 Å². The maximum atomic E-state index is 12.4. The Labute approximate surface area is 111 Å². The van der Waals surface area contributed by atoms with Gasteiger partial charge in [0, 0.05) is 6.54 Å². The number of ether oxygens (including phenoxy) is 1. The van der Waals surface area contributed by atoms with E-state index in [0.717, 1.165) is 19.3 Å². The molecular weight excluding hydrogens is 226 g/mol. The van der Waals surface area contributed by atoms with Crippen LogP contribution < -0.4 is 5.73 Å². The molecule has 1 rings (SSSR count). The molecule has 106 valence electrons. The summed E-state index contributed by atoms with van der Waals surface area (Å²) in [6, 6.07) is 0. The lowest BCUT2D eigenvalue weighted by molar-refractivity contribution is -0.161. The van der Waals surface area contributed by atoms with E-state index in [4.69, 9.17) is 10.5 Å². The average Bonchev–Trinajstić information content (AvgIpc) is 2.37. The summed E-state index contributed by atoms with van der Waals surface area (Å²) >= 11 is 0. The zero-order chi connectivity index (χ0) is 13.6. The third-order valence-electron chi connectivity index (χ3n) is 4.21. The van der Waals surface area contributed by atoms with Gasteiger partial charge in [-0.05, 0) is 38.0 Å². The Kier molecular flexibility index (Phi) is 6.13. The molecule has 0 aromatic carbocycles. The fourth-order valence-electron chi connectivity index (χ4n) is 3.41. The molecule has 0 aliphatic heterocycles. The summed E-state index contributed by atoms with van der Waals surface area (Å²) in [5.41, 5.74) is 5.58. The molecular formula is C15H29NO2. The molecule has 0 spiro atoms. The first kappa shape index (κ1) is 15.5. The predicted molar refractivity (Wildman–Crippen MR) is 74.2 cm³/mol. The van der Waals surface area contributed by atoms with Gasteiger partial charge in [0.1, 0.15) is 0 Å². The van der Waals surface area contributed by atoms with Crippen molar-refractivity contribution in [2.24, 2.45) is 23.0 Å². The van der Waals surface area contributed by atoms with Gasteiger partial charge in [0.2, 0.25) is 0 Å². The minimum Gasteiger partial charge on any atom is -0.466 e. The van der Waals surface area contributed by atoms with Crippen LogP contribution in [0.3, 0.4) is 0 Å². The van der Waals surface area contributed by atoms with Crippen molar-refractivity contribution >= 4 is 5.97 Å². The molecule has 1 aliphatic carbocycles. The van der Waals surface area contributed by atoms with Crippen molar-refractivity contribution in [1.82, 2.24) is 0 Å². The summed E-state index contributed by atoms with van der Waals surface area (Å²) in [6.45, 7) is 7.06. The molecule has 1 saturated carbocycles. The van der Waals surface area contributed by atoms with E-state index >= 15 is 0 Å². The van der Waals surface area contributed by atoms with E-state index < -0.39 is 5.41 Å². The Morgan fingerprint density at radius 1 is 1.33 bits per heavy atom. The minimum atomic E-state index is -0.440. The van der Waals surface area contributed by atoms with Gasteiger partial charge in [-0.25, -0.2) is 0 Å². The summed E-state index contributed by atoms with van der Waals surface area (Å²) in [5.74, 6) is 0.825. The van der Waals surface area contributed by atoms with Crippen molar-refractivity contribution in [2.45, 2.75) is 59.3 Å². The van der Waals surface area contributed by atoms with Crippen LogP contribution in [0.25, 0.3) is 0 Å². The molecule has 2 N–H and O–H groups in total. The predicted octanol–water partition coefficient (Wildman–Crippen LogP) is 3.12. The van der Waals surface area contributed by atoms with E-state index in [1.165, 1.54) is 19.3 Å². The first-order valence-corrected chi connectivity index (χ1v) is 7.44. The zero-order valence-corrected chi connectivity index (χ0v) is 12.2. The Hall–Kier alpha value is -0.570. The van der Waals surface area contributed by atoms with Gasteiger partial charge in [-0.3, -0.25) is 4.79 Å². The van der Waals surface area contributed by atoms with Gasteiger partial charge >= 0.3 is 5.97 Å². The molecule has 1 unspecified atom stereocenters. The summed E-state index contributed by atoms with van der Waals surface area (Å²) in [7, 11) is 0. The summed E-state index contributed by atoms with van der Waals surface area (Å²) in [6.07, 6.45) is 6.86. The number of hydrogen-bond acceptors (Lipinski definition) is 3. The van der Waals surface area contributed by atoms with Crippen molar-refractivity contribution in [3.8, 4) is 0 Å². The topological polar surface area (TPSA) is 52.3 Å². The molecule has 0 saturated heterocycles. The molecule has 1 aliphatic rings. The number of carbonyl (C=O) groups excluding carboxylic acids is 1. The molecule has 0 heterocycles. The van der Waals surface area contributed by atoms with E-state index in [-0.39, 0.29) is 5.97 Å². The van der Waals surface area contributed by atoms with Gasteiger partial charge in [0.05, 0.1) is 12.0 Å². The van der Waals surface area contributed by atoms with E-state index in [1.54, 1.807) is 0 Å². The Balaban J connectivity index is 2.91. The van der Waals surface area contributed by atoms with Crippen LogP contribution >= 0.6 is 0 Å². The van der Waals surface area contributed by atoms with Crippen molar-refractivity contribution in [3.63, 3.8) is 0 Å². The van der Waals surface area contributed by atoms with Crippen LogP contribution in [-0.4, -0.2) is 19.1 Å². The van der Waals surface area contributed by atoms with Crippen LogP contribution in [0.5, 0.6) is 0 Å². The molecule has 0 aromatic heterocycles. The molecule has 0 amide bonds. The monoisotopic (exact) mass is 255 g/mol. The van der Waals surface area contributed by atoms with E-state index in [2.05, 4.69) is 13.8 Å². The van der Waals surface area contributed by atoms with Gasteiger partial charge in [0.15, 0.2) is 0 Å². The normalized spacial score (nSPS) is 20.7. The summed E-state index contributed by atoms with van der Waals surface area (Å²) in [5, 5.41) is 0. The lowest BCUT2D eigenvalue weighted by Crippen LogP contribution is -2.47. The maximum absolute atomic E-state index is 12.4. The number of nitrogens with two attached hydrogens (primary N) is 1. The lowest BCUT2D eigenvalue weighted by atomic mass is 9.65. The molecule has 0 bridgehead atoms. The van der Waals surface area contributed by atoms with E-state index in [0.29, 0.717) is 25.0 Å². The number of esters is 1. The highest BCUT2D eigenvalue weighted by Gasteiger charge is 2.46. The minimum absolute atomic E-state index is 0.0619. The molecule has 1 atom stereocenters. The van der Waals surface area contributed by atoms with Gasteiger partial charge in [0.25, 0.3) is 0 Å². The second-order valence-electron chi connectivity index (χ2n) is 6.01. The van der Waals surface area contributed by atoms with Crippen LogP contribution in [0.4, 0.5) is 0 Å². The SMILES string of the molecule is CCOC(=O)C(CN)(CC(C)C)C1CCCCC1. The highest BCUT2D eigenvalue weighted by molar-refractivity contribution is 5.77. The Morgan fingerprint density at radius 2 is 1.94 bits per heavy atom. The number of carbonyl (C=O) groups is 1. The summed E-state index contributed by atoms with van der Waals surface area (Å²) < 4.78 is 5.33. The zero-order valence-electron chi connectivity index (χ0n) is 12.2. The van der Waals surface area contributed by atoms with Crippen LogP contribution in [0.2, 0.25) is 0 Å². The van der Waals surface area contributed by atoms with E-state index in [9.17, 15) is 4.79 Å². The lowest BCUT2D eigenvalue weighted by Gasteiger charge is -2.41. The third-order valence-corrected chi connectivity index (χ3v) is 4.21. The average molecular weight is 255 g/mol. The molecule has 0 aromatic rings. The number of rotatable bonds is 6. The van der Waals surface area contributed by atoms with Crippen LogP contribution in [0.15, 0.2) is 0 Å². The van der Waals surface area contributed by atoms with Gasteiger partial charge < -0.3 is 10.5 Å². The van der Waals surface area contributed by atoms with Crippen LogP contribution in [0.1, 0.15) is 59.3 Å². The Morgan fingerprint density at radius 3 is 2.39 bits per heavy atom. The molecule has 1 fully saturated rings. The second kappa shape index (κ2) is 7.13. The third kappa shape index (κ3) is 3.47. The molecule has 3 heteroatoms. The molecule has 3 nitrogen and oxygen atoms in total. The smallest absolute Gasteiger partial charge is 0.313 e. The highest BCUT2D eigenvalue weighted by atomic mass is 16.5. The summed E-state index contributed by atoms with van der Waals surface area (Å²) in [4.78, 5) is 12.4. The standard InChI is InChI=1S/C15H29NO2/c1-4-18-14(17)15(11-16,10-12(2)3)13-8-6-5-7-9-13/h12-13H,4-11,16H2,1-3H3. The second-order valence-corrected chi connectivity index (χ2v) is 6.01. The maximum Gasteiger partial charge on any atom is 0.313 e. The fraction of sp³-hybridized carbons (Fsp3) is 0.933.